The van der Waals surface area contributed by atoms with Crippen LogP contribution in [0.5, 0.6) is 0 Å². The maximum absolute atomic E-state index is 2.58. The number of hydrogen-bond acceptors (Lipinski definition) is 0. The van der Waals surface area contributed by atoms with Crippen LogP contribution in [0.15, 0.2) is 114 Å². The van der Waals surface area contributed by atoms with Crippen molar-refractivity contribution in [3.05, 3.63) is 149 Å². The topological polar surface area (TPSA) is 0 Å². The van der Waals surface area contributed by atoms with E-state index in [-0.39, 0.29) is 48.4 Å². The summed E-state index contributed by atoms with van der Waals surface area (Å²) in [7, 11) is 0. The molecule has 0 fully saturated rings. The predicted molar refractivity (Wildman–Crippen MR) is 163 cm³/mol. The summed E-state index contributed by atoms with van der Waals surface area (Å²) < 4.78 is 0. The van der Waals surface area contributed by atoms with Gasteiger partial charge in [-0.05, 0) is 50.1 Å². The average molecular weight is 587 g/mol. The van der Waals surface area contributed by atoms with Crippen LogP contribution in [0.1, 0.15) is 75.3 Å². The van der Waals surface area contributed by atoms with E-state index in [0.29, 0.717) is 5.92 Å². The molecule has 0 spiro atoms. The van der Waals surface area contributed by atoms with Gasteiger partial charge in [-0.2, -0.15) is 18.1 Å². The fourth-order valence-corrected chi connectivity index (χ4v) is 6.68. The van der Waals surface area contributed by atoms with E-state index < -0.39 is 0 Å². The van der Waals surface area contributed by atoms with Crippen molar-refractivity contribution in [1.29, 1.82) is 0 Å². The molecule has 3 aliphatic carbocycles. The number of hydrogen-bond donors (Lipinski definition) is 0. The van der Waals surface area contributed by atoms with Crippen LogP contribution in [0.4, 0.5) is 0 Å². The number of rotatable bonds is 4. The van der Waals surface area contributed by atoms with E-state index in [1.165, 1.54) is 44.5 Å². The zero-order chi connectivity index (χ0) is 26.7. The Labute approximate surface area is 254 Å². The average Bonchev–Trinajstić information content (AvgIpc) is 3.48. The minimum Gasteiger partial charge on any atom is -0.187 e. The van der Waals surface area contributed by atoms with Gasteiger partial charge in [0.25, 0.3) is 0 Å². The molecule has 0 saturated heterocycles. The summed E-state index contributed by atoms with van der Waals surface area (Å²) in [6.45, 7) is 13.9. The van der Waals surface area contributed by atoms with Crippen molar-refractivity contribution in [3.63, 3.8) is 0 Å². The number of benzene rings is 3. The van der Waals surface area contributed by atoms with Crippen molar-refractivity contribution in [1.82, 2.24) is 0 Å². The standard InChI is InChI=1S/C38H39.Zr/c1-26(2)37(6)24-29-14-12-22-38(34(29)25-37,31-15-8-7-9-16-31)35-32-17-11-10-13-28(32)23-33(35)27-18-20-30(21-19-27)36(3,4)5;/h7-26,35H,1-6H3;/q-1;. The molecule has 0 saturated carbocycles. The van der Waals surface area contributed by atoms with Gasteiger partial charge in [-0.3, -0.25) is 0 Å². The maximum Gasteiger partial charge on any atom is 0.0168 e. The molecule has 196 valence electrons. The minimum atomic E-state index is -0.296. The van der Waals surface area contributed by atoms with Crippen LogP contribution in [-0.4, -0.2) is 0 Å². The molecule has 3 aromatic carbocycles. The van der Waals surface area contributed by atoms with E-state index in [9.17, 15) is 0 Å². The molecule has 0 amide bonds. The predicted octanol–water partition coefficient (Wildman–Crippen LogP) is 9.86. The van der Waals surface area contributed by atoms with E-state index in [2.05, 4.69) is 157 Å². The summed E-state index contributed by atoms with van der Waals surface area (Å²) in [4.78, 5) is 0. The van der Waals surface area contributed by atoms with Crippen LogP contribution in [0, 0.1) is 17.8 Å². The van der Waals surface area contributed by atoms with Gasteiger partial charge in [-0.1, -0.05) is 133 Å². The fraction of sp³-hybridized carbons (Fsp3) is 0.289. The van der Waals surface area contributed by atoms with Gasteiger partial charge in [-0.25, -0.2) is 0 Å². The van der Waals surface area contributed by atoms with E-state index in [1.807, 2.05) is 0 Å². The molecule has 0 nitrogen and oxygen atoms in total. The van der Waals surface area contributed by atoms with Crippen molar-refractivity contribution in [3.8, 4) is 0 Å². The molecular formula is C38H39Zr-. The monoisotopic (exact) mass is 585 g/mol. The third kappa shape index (κ3) is 4.52. The van der Waals surface area contributed by atoms with Gasteiger partial charge < -0.3 is 0 Å². The van der Waals surface area contributed by atoms with Gasteiger partial charge in [0.2, 0.25) is 0 Å². The SMILES string of the molecule is CC(C)C1(C)C=C2C(=CC=CC2(c2ccccc2)C2C(c3ccc(C(C)(C)C)cc3)=Cc3ccccc32)[CH-]1.[Zr]. The molecule has 0 bridgehead atoms. The molecule has 0 radical (unpaired) electrons. The Morgan fingerprint density at radius 1 is 0.846 bits per heavy atom. The summed E-state index contributed by atoms with van der Waals surface area (Å²) in [6.07, 6.45) is 14.7. The van der Waals surface area contributed by atoms with Gasteiger partial charge >= 0.3 is 0 Å². The molecule has 0 aliphatic heterocycles. The van der Waals surface area contributed by atoms with E-state index in [0.717, 1.165) is 0 Å². The van der Waals surface area contributed by atoms with Crippen molar-refractivity contribution < 1.29 is 26.2 Å². The van der Waals surface area contributed by atoms with E-state index >= 15 is 0 Å². The summed E-state index contributed by atoms with van der Waals surface area (Å²) in [5.41, 5.74) is 10.9. The zero-order valence-electron chi connectivity index (χ0n) is 24.1. The Morgan fingerprint density at radius 2 is 1.51 bits per heavy atom. The summed E-state index contributed by atoms with van der Waals surface area (Å²) in [5, 5.41) is 0. The van der Waals surface area contributed by atoms with Gasteiger partial charge in [0.15, 0.2) is 0 Å². The molecule has 1 heteroatoms. The quantitative estimate of drug-likeness (QED) is 0.267. The minimum absolute atomic E-state index is 0. The molecule has 6 rings (SSSR count). The second kappa shape index (κ2) is 10.1. The molecule has 3 aliphatic rings. The molecule has 3 aromatic rings. The number of allylic oxidation sites excluding steroid dienone is 7. The Morgan fingerprint density at radius 3 is 2.18 bits per heavy atom. The van der Waals surface area contributed by atoms with E-state index in [4.69, 9.17) is 0 Å². The van der Waals surface area contributed by atoms with Gasteiger partial charge in [0.05, 0.1) is 0 Å². The molecular weight excluding hydrogens is 548 g/mol. The first-order valence-electron chi connectivity index (χ1n) is 14.1. The first kappa shape index (κ1) is 27.9. The second-order valence-corrected chi connectivity index (χ2v) is 12.9. The van der Waals surface area contributed by atoms with Crippen LogP contribution >= 0.6 is 0 Å². The zero-order valence-corrected chi connectivity index (χ0v) is 26.6. The van der Waals surface area contributed by atoms with Crippen LogP contribution < -0.4 is 0 Å². The third-order valence-corrected chi connectivity index (χ3v) is 9.28. The van der Waals surface area contributed by atoms with Crippen molar-refractivity contribution in [2.75, 3.05) is 0 Å². The normalized spacial score (nSPS) is 25.2. The van der Waals surface area contributed by atoms with Gasteiger partial charge in [-0.15, -0.1) is 17.7 Å². The molecule has 0 aromatic heterocycles. The Kier molecular flexibility index (Phi) is 7.22. The summed E-state index contributed by atoms with van der Waals surface area (Å²) >= 11 is 0. The molecule has 0 N–H and O–H groups in total. The van der Waals surface area contributed by atoms with Crippen LogP contribution in [0.2, 0.25) is 0 Å². The molecule has 39 heavy (non-hydrogen) atoms. The van der Waals surface area contributed by atoms with Gasteiger partial charge in [0.1, 0.15) is 0 Å². The van der Waals surface area contributed by atoms with E-state index in [1.54, 1.807) is 0 Å². The third-order valence-electron chi connectivity index (χ3n) is 9.28. The Hall–Kier alpha value is -2.63. The Balaban J connectivity index is 0.00000308. The first-order valence-corrected chi connectivity index (χ1v) is 14.1. The summed E-state index contributed by atoms with van der Waals surface area (Å²) in [6, 6.07) is 29.6. The Bertz CT molecular complexity index is 1490. The van der Waals surface area contributed by atoms with Crippen LogP contribution in [-0.2, 0) is 37.0 Å². The number of fused-ring (bicyclic) bond motifs is 2. The second-order valence-electron chi connectivity index (χ2n) is 12.9. The smallest absolute Gasteiger partial charge is 0.0168 e. The van der Waals surface area contributed by atoms with Crippen LogP contribution in [0.25, 0.3) is 11.6 Å². The summed E-state index contributed by atoms with van der Waals surface area (Å²) in [5.74, 6) is 0.696. The van der Waals surface area contributed by atoms with Crippen molar-refractivity contribution in [2.24, 2.45) is 11.3 Å². The maximum atomic E-state index is 2.58. The van der Waals surface area contributed by atoms with Crippen molar-refractivity contribution >= 4 is 11.6 Å². The first-order chi connectivity index (χ1) is 18.1. The van der Waals surface area contributed by atoms with Gasteiger partial charge in [0, 0.05) is 37.5 Å². The largest absolute Gasteiger partial charge is 0.187 e. The van der Waals surface area contributed by atoms with Crippen LogP contribution in [0.3, 0.4) is 0 Å². The molecule has 0 heterocycles. The molecule has 3 atom stereocenters. The fourth-order valence-electron chi connectivity index (χ4n) is 6.68. The molecule has 3 unspecified atom stereocenters. The van der Waals surface area contributed by atoms with Crippen molar-refractivity contribution in [2.45, 2.75) is 58.3 Å².